The molecule has 0 fully saturated rings. The van der Waals surface area contributed by atoms with E-state index in [1.165, 1.54) is 0 Å². The van der Waals surface area contributed by atoms with Gasteiger partial charge in [0.25, 0.3) is 0 Å². The van der Waals surface area contributed by atoms with E-state index in [9.17, 15) is 0 Å². The van der Waals surface area contributed by atoms with Gasteiger partial charge in [-0.25, -0.2) is 9.67 Å². The van der Waals surface area contributed by atoms with Crippen LogP contribution in [0.15, 0.2) is 60.8 Å². The van der Waals surface area contributed by atoms with Gasteiger partial charge in [0.15, 0.2) is 5.65 Å². The number of pyridine rings is 1. The van der Waals surface area contributed by atoms with Crippen molar-refractivity contribution in [2.75, 3.05) is 0 Å². The maximum atomic E-state index is 6.29. The van der Waals surface area contributed by atoms with E-state index < -0.39 is 0 Å². The maximum Gasteiger partial charge on any atom is 0.163 e. The summed E-state index contributed by atoms with van der Waals surface area (Å²) in [5.74, 6) is 0. The first-order valence-electron chi connectivity index (χ1n) is 7.81. The van der Waals surface area contributed by atoms with Gasteiger partial charge < -0.3 is 0 Å². The largest absolute Gasteiger partial charge is 0.236 e. The molecule has 118 valence electrons. The summed E-state index contributed by atoms with van der Waals surface area (Å²) in [7, 11) is 0. The molecule has 0 saturated heterocycles. The van der Waals surface area contributed by atoms with Gasteiger partial charge in [-0.1, -0.05) is 48.0 Å². The van der Waals surface area contributed by atoms with Gasteiger partial charge in [0, 0.05) is 11.2 Å². The number of hydrogen-bond acceptors (Lipinski definition) is 2. The molecule has 3 nitrogen and oxygen atoms in total. The third-order valence-electron chi connectivity index (χ3n) is 4.23. The van der Waals surface area contributed by atoms with E-state index in [1.54, 1.807) is 0 Å². The van der Waals surface area contributed by atoms with Gasteiger partial charge in [-0.15, -0.1) is 0 Å². The lowest BCUT2D eigenvalue weighted by Gasteiger charge is -2.06. The second-order valence-corrected chi connectivity index (χ2v) is 6.26. The summed E-state index contributed by atoms with van der Waals surface area (Å²) in [5.41, 5.74) is 6.06. The predicted molar refractivity (Wildman–Crippen MR) is 98.8 cm³/mol. The lowest BCUT2D eigenvalue weighted by atomic mass is 10.0. The van der Waals surface area contributed by atoms with Crippen molar-refractivity contribution in [1.82, 2.24) is 14.8 Å². The summed E-state index contributed by atoms with van der Waals surface area (Å²) < 4.78 is 1.86. The van der Waals surface area contributed by atoms with Crippen LogP contribution in [0.1, 0.15) is 11.3 Å². The summed E-state index contributed by atoms with van der Waals surface area (Å²) in [6.07, 6.45) is 1.83. The molecule has 2 aromatic heterocycles. The van der Waals surface area contributed by atoms with Crippen LogP contribution in [0.3, 0.4) is 0 Å². The molecule has 4 aromatic rings. The SMILES string of the molecule is Cc1ccc(-n2nc(C)c3c(-c4ccccc4)ccnc32)cc1Cl. The van der Waals surface area contributed by atoms with Crippen molar-refractivity contribution in [2.24, 2.45) is 0 Å². The Bertz CT molecular complexity index is 1040. The highest BCUT2D eigenvalue weighted by Gasteiger charge is 2.15. The van der Waals surface area contributed by atoms with Crippen LogP contribution in [0.2, 0.25) is 5.02 Å². The minimum absolute atomic E-state index is 0.730. The number of nitrogens with zero attached hydrogens (tertiary/aromatic N) is 3. The van der Waals surface area contributed by atoms with E-state index in [2.05, 4.69) is 17.1 Å². The fourth-order valence-electron chi connectivity index (χ4n) is 2.97. The van der Waals surface area contributed by atoms with E-state index in [0.29, 0.717) is 0 Å². The van der Waals surface area contributed by atoms with Crippen molar-refractivity contribution in [3.63, 3.8) is 0 Å². The third kappa shape index (κ3) is 2.38. The Hall–Kier alpha value is -2.65. The smallest absolute Gasteiger partial charge is 0.163 e. The zero-order valence-corrected chi connectivity index (χ0v) is 14.2. The molecule has 4 rings (SSSR count). The zero-order valence-electron chi connectivity index (χ0n) is 13.5. The van der Waals surface area contributed by atoms with Crippen LogP contribution in [0, 0.1) is 13.8 Å². The molecule has 0 amide bonds. The molecule has 0 aliphatic carbocycles. The summed E-state index contributed by atoms with van der Waals surface area (Å²) >= 11 is 6.29. The van der Waals surface area contributed by atoms with Crippen molar-refractivity contribution in [3.05, 3.63) is 77.1 Å². The number of fused-ring (bicyclic) bond motifs is 1. The first-order chi connectivity index (χ1) is 11.6. The van der Waals surface area contributed by atoms with Crippen LogP contribution in [-0.2, 0) is 0 Å². The Morgan fingerprint density at radius 3 is 2.50 bits per heavy atom. The number of benzene rings is 2. The molecule has 2 aromatic carbocycles. The Labute approximate surface area is 145 Å². The maximum absolute atomic E-state index is 6.29. The van der Waals surface area contributed by atoms with Gasteiger partial charge in [0.05, 0.1) is 16.8 Å². The molecule has 0 aliphatic heterocycles. The van der Waals surface area contributed by atoms with E-state index >= 15 is 0 Å². The molecule has 24 heavy (non-hydrogen) atoms. The van der Waals surface area contributed by atoms with Crippen molar-refractivity contribution in [3.8, 4) is 16.8 Å². The molecule has 0 saturated carbocycles. The van der Waals surface area contributed by atoms with Gasteiger partial charge in [0.2, 0.25) is 0 Å². The monoisotopic (exact) mass is 333 g/mol. The Kier molecular flexibility index (Phi) is 3.58. The third-order valence-corrected chi connectivity index (χ3v) is 4.64. The topological polar surface area (TPSA) is 30.7 Å². The highest BCUT2D eigenvalue weighted by molar-refractivity contribution is 6.31. The molecular formula is C20H16ClN3. The van der Waals surface area contributed by atoms with E-state index in [0.717, 1.165) is 44.1 Å². The minimum Gasteiger partial charge on any atom is -0.236 e. The van der Waals surface area contributed by atoms with Crippen LogP contribution in [0.5, 0.6) is 0 Å². The first-order valence-corrected chi connectivity index (χ1v) is 8.19. The lowest BCUT2D eigenvalue weighted by molar-refractivity contribution is 0.877. The van der Waals surface area contributed by atoms with Gasteiger partial charge in [-0.2, -0.15) is 5.10 Å². The van der Waals surface area contributed by atoms with Crippen molar-refractivity contribution in [1.29, 1.82) is 0 Å². The Balaban J connectivity index is 1.99. The molecule has 0 unspecified atom stereocenters. The Morgan fingerprint density at radius 2 is 1.75 bits per heavy atom. The quantitative estimate of drug-likeness (QED) is 0.494. The predicted octanol–water partition coefficient (Wildman–Crippen LogP) is 5.36. The molecule has 0 aliphatic rings. The summed E-state index contributed by atoms with van der Waals surface area (Å²) in [6.45, 7) is 4.01. The molecule has 4 heteroatoms. The zero-order chi connectivity index (χ0) is 16.7. The van der Waals surface area contributed by atoms with Gasteiger partial charge in [-0.3, -0.25) is 0 Å². The molecule has 0 atom stereocenters. The number of hydrogen-bond donors (Lipinski definition) is 0. The number of aromatic nitrogens is 3. The van der Waals surface area contributed by atoms with Crippen LogP contribution in [-0.4, -0.2) is 14.8 Å². The van der Waals surface area contributed by atoms with Gasteiger partial charge in [-0.05, 0) is 48.7 Å². The number of halogens is 1. The normalized spacial score (nSPS) is 11.1. The van der Waals surface area contributed by atoms with E-state index in [-0.39, 0.29) is 0 Å². The second kappa shape index (κ2) is 5.77. The fraction of sp³-hybridized carbons (Fsp3) is 0.100. The molecule has 0 radical (unpaired) electrons. The fourth-order valence-corrected chi connectivity index (χ4v) is 3.14. The number of aryl methyl sites for hydroxylation is 2. The standard InChI is InChI=1S/C20H16ClN3/c1-13-8-9-16(12-18(13)21)24-20-19(14(2)23-24)17(10-11-22-20)15-6-4-3-5-7-15/h3-12H,1-2H3. The highest BCUT2D eigenvalue weighted by atomic mass is 35.5. The van der Waals surface area contributed by atoms with Crippen LogP contribution >= 0.6 is 11.6 Å². The van der Waals surface area contributed by atoms with Gasteiger partial charge in [0.1, 0.15) is 0 Å². The molecule has 2 heterocycles. The van der Waals surface area contributed by atoms with E-state index in [4.69, 9.17) is 16.7 Å². The first kappa shape index (κ1) is 14.9. The van der Waals surface area contributed by atoms with Crippen molar-refractivity contribution < 1.29 is 0 Å². The van der Waals surface area contributed by atoms with Crippen molar-refractivity contribution >= 4 is 22.6 Å². The summed E-state index contributed by atoms with van der Waals surface area (Å²) in [4.78, 5) is 4.57. The van der Waals surface area contributed by atoms with Crippen LogP contribution in [0.25, 0.3) is 27.8 Å². The minimum atomic E-state index is 0.730. The summed E-state index contributed by atoms with van der Waals surface area (Å²) in [5, 5.41) is 6.51. The number of rotatable bonds is 2. The molecule has 0 bridgehead atoms. The van der Waals surface area contributed by atoms with Crippen LogP contribution in [0.4, 0.5) is 0 Å². The lowest BCUT2D eigenvalue weighted by Crippen LogP contribution is -1.98. The van der Waals surface area contributed by atoms with Gasteiger partial charge >= 0.3 is 0 Å². The van der Waals surface area contributed by atoms with Crippen molar-refractivity contribution in [2.45, 2.75) is 13.8 Å². The average molecular weight is 334 g/mol. The van der Waals surface area contributed by atoms with Crippen LogP contribution < -0.4 is 0 Å². The molecule has 0 N–H and O–H groups in total. The molecule has 0 spiro atoms. The average Bonchev–Trinajstić information content (AvgIpc) is 2.95. The summed E-state index contributed by atoms with van der Waals surface area (Å²) in [6, 6.07) is 18.3. The molecular weight excluding hydrogens is 318 g/mol. The second-order valence-electron chi connectivity index (χ2n) is 5.85. The van der Waals surface area contributed by atoms with E-state index in [1.807, 2.05) is 67.2 Å². The Morgan fingerprint density at radius 1 is 0.958 bits per heavy atom. The highest BCUT2D eigenvalue weighted by Crippen LogP contribution is 2.31.